The third-order valence-corrected chi connectivity index (χ3v) is 2.49. The highest BCUT2D eigenvalue weighted by molar-refractivity contribution is 5.04. The minimum Gasteiger partial charge on any atom is -0.383 e. The standard InChI is InChI=1S/C12H23N3O/c1-11(2)15-10-12(9-14-15)5-4-6-13-7-8-16-3/h9-11,13H,4-8H2,1-3H3. The summed E-state index contributed by atoms with van der Waals surface area (Å²) in [6.45, 7) is 7.04. The molecule has 1 heterocycles. The summed E-state index contributed by atoms with van der Waals surface area (Å²) in [5.74, 6) is 0. The van der Waals surface area contributed by atoms with E-state index in [9.17, 15) is 0 Å². The number of ether oxygens (including phenoxy) is 1. The van der Waals surface area contributed by atoms with Gasteiger partial charge in [-0.3, -0.25) is 4.68 Å². The Balaban J connectivity index is 2.12. The zero-order valence-electron chi connectivity index (χ0n) is 10.6. The second-order valence-electron chi connectivity index (χ2n) is 4.27. The monoisotopic (exact) mass is 225 g/mol. The van der Waals surface area contributed by atoms with Crippen LogP contribution < -0.4 is 5.32 Å². The Labute approximate surface area is 98.0 Å². The molecular weight excluding hydrogens is 202 g/mol. The van der Waals surface area contributed by atoms with Crippen LogP contribution in [-0.2, 0) is 11.2 Å². The molecule has 0 aliphatic rings. The van der Waals surface area contributed by atoms with Crippen LogP contribution in [0.5, 0.6) is 0 Å². The number of rotatable bonds is 8. The van der Waals surface area contributed by atoms with Crippen molar-refractivity contribution in [2.75, 3.05) is 26.8 Å². The highest BCUT2D eigenvalue weighted by atomic mass is 16.5. The molecule has 1 aromatic rings. The molecule has 0 aliphatic carbocycles. The number of nitrogens with zero attached hydrogens (tertiary/aromatic N) is 2. The summed E-state index contributed by atoms with van der Waals surface area (Å²) < 4.78 is 6.97. The molecule has 0 spiro atoms. The molecule has 0 unspecified atom stereocenters. The van der Waals surface area contributed by atoms with Crippen molar-refractivity contribution >= 4 is 0 Å². The van der Waals surface area contributed by atoms with Gasteiger partial charge in [0.05, 0.1) is 12.8 Å². The lowest BCUT2D eigenvalue weighted by molar-refractivity contribution is 0.199. The van der Waals surface area contributed by atoms with Gasteiger partial charge < -0.3 is 10.1 Å². The Kier molecular flexibility index (Phi) is 6.11. The smallest absolute Gasteiger partial charge is 0.0587 e. The lowest BCUT2D eigenvalue weighted by atomic mass is 10.2. The molecular formula is C12H23N3O. The van der Waals surface area contributed by atoms with Crippen LogP contribution in [0.2, 0.25) is 0 Å². The summed E-state index contributed by atoms with van der Waals surface area (Å²) in [5.41, 5.74) is 1.32. The summed E-state index contributed by atoms with van der Waals surface area (Å²) in [6, 6.07) is 0.452. The van der Waals surface area contributed by atoms with E-state index in [0.29, 0.717) is 6.04 Å². The van der Waals surface area contributed by atoms with Crippen molar-refractivity contribution in [3.8, 4) is 0 Å². The number of aromatic nitrogens is 2. The van der Waals surface area contributed by atoms with Crippen molar-refractivity contribution < 1.29 is 4.74 Å². The van der Waals surface area contributed by atoms with Gasteiger partial charge in [-0.2, -0.15) is 5.10 Å². The van der Waals surface area contributed by atoms with Crippen molar-refractivity contribution in [1.29, 1.82) is 0 Å². The highest BCUT2D eigenvalue weighted by Gasteiger charge is 2.00. The first-order valence-electron chi connectivity index (χ1n) is 5.96. The van der Waals surface area contributed by atoms with Gasteiger partial charge in [0.15, 0.2) is 0 Å². The molecule has 0 atom stereocenters. The summed E-state index contributed by atoms with van der Waals surface area (Å²) in [7, 11) is 1.72. The zero-order valence-corrected chi connectivity index (χ0v) is 10.6. The Morgan fingerprint density at radius 3 is 2.88 bits per heavy atom. The van der Waals surface area contributed by atoms with E-state index in [2.05, 4.69) is 30.5 Å². The predicted octanol–water partition coefficient (Wildman–Crippen LogP) is 1.63. The number of nitrogens with one attached hydrogen (secondary N) is 1. The van der Waals surface area contributed by atoms with Gasteiger partial charge in [-0.15, -0.1) is 0 Å². The molecule has 0 saturated heterocycles. The van der Waals surface area contributed by atoms with Gasteiger partial charge in [0.2, 0.25) is 0 Å². The van der Waals surface area contributed by atoms with E-state index >= 15 is 0 Å². The summed E-state index contributed by atoms with van der Waals surface area (Å²) >= 11 is 0. The van der Waals surface area contributed by atoms with Crippen molar-refractivity contribution in [3.63, 3.8) is 0 Å². The SMILES string of the molecule is COCCNCCCc1cnn(C(C)C)c1. The molecule has 0 amide bonds. The van der Waals surface area contributed by atoms with Crippen molar-refractivity contribution in [3.05, 3.63) is 18.0 Å². The lowest BCUT2D eigenvalue weighted by Crippen LogP contribution is -2.20. The molecule has 1 N–H and O–H groups in total. The average molecular weight is 225 g/mol. The summed E-state index contributed by atoms with van der Waals surface area (Å²) in [5, 5.41) is 7.65. The van der Waals surface area contributed by atoms with Crippen LogP contribution in [0.4, 0.5) is 0 Å². The molecule has 0 saturated carbocycles. The minimum absolute atomic E-state index is 0.452. The molecule has 4 nitrogen and oxygen atoms in total. The van der Waals surface area contributed by atoms with Crippen LogP contribution in [0.25, 0.3) is 0 Å². The number of hydrogen-bond acceptors (Lipinski definition) is 3. The second-order valence-corrected chi connectivity index (χ2v) is 4.27. The van der Waals surface area contributed by atoms with Gasteiger partial charge in [-0.05, 0) is 38.8 Å². The van der Waals surface area contributed by atoms with Crippen LogP contribution in [-0.4, -0.2) is 36.6 Å². The first-order valence-corrected chi connectivity index (χ1v) is 5.96. The molecule has 0 fully saturated rings. The van der Waals surface area contributed by atoms with E-state index in [1.807, 2.05) is 10.9 Å². The third-order valence-electron chi connectivity index (χ3n) is 2.49. The zero-order chi connectivity index (χ0) is 11.8. The fourth-order valence-corrected chi connectivity index (χ4v) is 1.51. The molecule has 1 aromatic heterocycles. The maximum absolute atomic E-state index is 4.96. The van der Waals surface area contributed by atoms with Crippen LogP contribution >= 0.6 is 0 Å². The Hall–Kier alpha value is -0.870. The van der Waals surface area contributed by atoms with E-state index < -0.39 is 0 Å². The lowest BCUT2D eigenvalue weighted by Gasteiger charge is -2.04. The third kappa shape index (κ3) is 4.77. The van der Waals surface area contributed by atoms with Crippen LogP contribution in [0.1, 0.15) is 31.9 Å². The first-order chi connectivity index (χ1) is 7.74. The molecule has 0 aliphatic heterocycles. The van der Waals surface area contributed by atoms with Crippen LogP contribution in [0.3, 0.4) is 0 Å². The number of methoxy groups -OCH3 is 1. The van der Waals surface area contributed by atoms with Gasteiger partial charge in [-0.1, -0.05) is 0 Å². The maximum Gasteiger partial charge on any atom is 0.0587 e. The molecule has 4 heteroatoms. The average Bonchev–Trinajstić information content (AvgIpc) is 2.72. The fourth-order valence-electron chi connectivity index (χ4n) is 1.51. The normalized spacial score (nSPS) is 11.2. The Bertz CT molecular complexity index is 284. The van der Waals surface area contributed by atoms with Gasteiger partial charge in [-0.25, -0.2) is 0 Å². The maximum atomic E-state index is 4.96. The van der Waals surface area contributed by atoms with Gasteiger partial charge in [0.1, 0.15) is 0 Å². The summed E-state index contributed by atoms with van der Waals surface area (Å²) in [6.07, 6.45) is 6.34. The Morgan fingerprint density at radius 2 is 2.25 bits per heavy atom. The van der Waals surface area contributed by atoms with E-state index in [-0.39, 0.29) is 0 Å². The largest absolute Gasteiger partial charge is 0.383 e. The molecule has 0 aromatic carbocycles. The molecule has 1 rings (SSSR count). The molecule has 0 bridgehead atoms. The van der Waals surface area contributed by atoms with Crippen molar-refractivity contribution in [2.24, 2.45) is 0 Å². The van der Waals surface area contributed by atoms with E-state index in [0.717, 1.165) is 32.5 Å². The topological polar surface area (TPSA) is 39.1 Å². The fraction of sp³-hybridized carbons (Fsp3) is 0.750. The van der Waals surface area contributed by atoms with E-state index in [1.165, 1.54) is 5.56 Å². The van der Waals surface area contributed by atoms with Crippen LogP contribution in [0, 0.1) is 0 Å². The van der Waals surface area contributed by atoms with Crippen molar-refractivity contribution in [1.82, 2.24) is 15.1 Å². The van der Waals surface area contributed by atoms with Crippen molar-refractivity contribution in [2.45, 2.75) is 32.7 Å². The Morgan fingerprint density at radius 1 is 1.44 bits per heavy atom. The van der Waals surface area contributed by atoms with E-state index in [1.54, 1.807) is 7.11 Å². The molecule has 16 heavy (non-hydrogen) atoms. The summed E-state index contributed by atoms with van der Waals surface area (Å²) in [4.78, 5) is 0. The highest BCUT2D eigenvalue weighted by Crippen LogP contribution is 2.06. The predicted molar refractivity (Wildman–Crippen MR) is 65.7 cm³/mol. The first kappa shape index (κ1) is 13.2. The van der Waals surface area contributed by atoms with Gasteiger partial charge in [0, 0.05) is 25.9 Å². The minimum atomic E-state index is 0.452. The number of aryl methyl sites for hydroxylation is 1. The van der Waals surface area contributed by atoms with Gasteiger partial charge in [0.25, 0.3) is 0 Å². The number of hydrogen-bond donors (Lipinski definition) is 1. The molecule has 92 valence electrons. The molecule has 0 radical (unpaired) electrons. The second kappa shape index (κ2) is 7.41. The van der Waals surface area contributed by atoms with Crippen LogP contribution in [0.15, 0.2) is 12.4 Å². The van der Waals surface area contributed by atoms with E-state index in [4.69, 9.17) is 4.74 Å². The van der Waals surface area contributed by atoms with Gasteiger partial charge >= 0.3 is 0 Å². The quantitative estimate of drug-likeness (QED) is 0.684.